The Balaban J connectivity index is 1.29. The fourth-order valence-corrected chi connectivity index (χ4v) is 4.49. The van der Waals surface area contributed by atoms with Crippen molar-refractivity contribution in [2.45, 2.75) is 36.0 Å². The number of aromatic nitrogens is 4. The van der Waals surface area contributed by atoms with Crippen molar-refractivity contribution in [3.05, 3.63) is 48.3 Å². The molecule has 0 unspecified atom stereocenters. The van der Waals surface area contributed by atoms with E-state index in [0.29, 0.717) is 22.8 Å². The summed E-state index contributed by atoms with van der Waals surface area (Å²) >= 11 is 6.90. The first-order valence-electron chi connectivity index (χ1n) is 10.8. The Labute approximate surface area is 201 Å². The van der Waals surface area contributed by atoms with Crippen molar-refractivity contribution in [3.63, 3.8) is 0 Å². The van der Waals surface area contributed by atoms with Crippen molar-refractivity contribution < 1.29 is 9.47 Å². The molecule has 0 bridgehead atoms. The average molecular weight is 482 g/mol. The Bertz CT molecular complexity index is 1130. The fraction of sp³-hybridized carbons (Fsp3) is 0.318. The molecule has 2 N–H and O–H groups in total. The summed E-state index contributed by atoms with van der Waals surface area (Å²) in [5, 5.41) is 8.17. The van der Waals surface area contributed by atoms with E-state index in [9.17, 15) is 0 Å². The Morgan fingerprint density at radius 3 is 2.70 bits per heavy atom. The molecule has 0 spiro atoms. The minimum atomic E-state index is 0.255. The number of thiocarbonyl (C=S) groups is 1. The van der Waals surface area contributed by atoms with Crippen molar-refractivity contribution in [1.82, 2.24) is 25.3 Å². The molecule has 2 aromatic heterocycles. The predicted molar refractivity (Wildman–Crippen MR) is 130 cm³/mol. The number of hydrogen-bond acceptors (Lipinski definition) is 9. The van der Waals surface area contributed by atoms with Gasteiger partial charge in [0.2, 0.25) is 12.7 Å². The molecular formula is C22H23N7O2S2. The second kappa shape index (κ2) is 10.2. The predicted octanol–water partition coefficient (Wildman–Crippen LogP) is 3.62. The molecule has 2 aliphatic rings. The van der Waals surface area contributed by atoms with Gasteiger partial charge in [-0.05, 0) is 67.0 Å². The third kappa shape index (κ3) is 5.60. The molecule has 1 fully saturated rings. The lowest BCUT2D eigenvalue weighted by Crippen LogP contribution is -2.32. The molecule has 2 aliphatic heterocycles. The number of hydrogen-bond donors (Lipinski definition) is 2. The van der Waals surface area contributed by atoms with E-state index in [4.69, 9.17) is 26.7 Å². The van der Waals surface area contributed by atoms with Gasteiger partial charge < -0.3 is 25.0 Å². The minimum absolute atomic E-state index is 0.255. The van der Waals surface area contributed by atoms with Gasteiger partial charge in [-0.3, -0.25) is 0 Å². The van der Waals surface area contributed by atoms with E-state index < -0.39 is 0 Å². The summed E-state index contributed by atoms with van der Waals surface area (Å²) < 4.78 is 10.8. The molecule has 4 heterocycles. The number of nitrogens with zero attached hydrogens (tertiary/aromatic N) is 5. The van der Waals surface area contributed by atoms with Gasteiger partial charge in [0.15, 0.2) is 21.8 Å². The van der Waals surface area contributed by atoms with Gasteiger partial charge in [-0.2, -0.15) is 4.98 Å². The molecular weight excluding hydrogens is 458 g/mol. The maximum atomic E-state index is 5.50. The van der Waals surface area contributed by atoms with E-state index in [1.807, 2.05) is 24.3 Å². The molecule has 0 amide bonds. The molecule has 11 heteroatoms. The van der Waals surface area contributed by atoms with Gasteiger partial charge in [-0.15, -0.1) is 0 Å². The Kier molecular flexibility index (Phi) is 6.68. The summed E-state index contributed by atoms with van der Waals surface area (Å²) in [7, 11) is 0. The quantitative estimate of drug-likeness (QED) is 0.307. The van der Waals surface area contributed by atoms with Crippen LogP contribution in [0.3, 0.4) is 0 Å². The molecule has 0 atom stereocenters. The second-order valence-electron chi connectivity index (χ2n) is 7.56. The summed E-state index contributed by atoms with van der Waals surface area (Å²) in [4.78, 5) is 20.2. The van der Waals surface area contributed by atoms with Crippen molar-refractivity contribution in [2.24, 2.45) is 0 Å². The number of ether oxygens (including phenoxy) is 2. The monoisotopic (exact) mass is 481 g/mol. The highest BCUT2D eigenvalue weighted by Crippen LogP contribution is 2.32. The first-order valence-corrected chi connectivity index (χ1v) is 12.0. The van der Waals surface area contributed by atoms with Crippen LogP contribution in [0, 0.1) is 0 Å². The van der Waals surface area contributed by atoms with Crippen LogP contribution in [0.25, 0.3) is 0 Å². The number of anilines is 2. The number of fused-ring (bicyclic) bond motifs is 1. The maximum absolute atomic E-state index is 5.50. The summed E-state index contributed by atoms with van der Waals surface area (Å²) in [6, 6.07) is 9.60. The number of rotatable bonds is 6. The van der Waals surface area contributed by atoms with E-state index in [1.165, 1.54) is 18.2 Å². The smallest absolute Gasteiger partial charge is 0.232 e. The first-order chi connectivity index (χ1) is 16.2. The molecule has 5 rings (SSSR count). The molecule has 0 radical (unpaired) electrons. The highest BCUT2D eigenvalue weighted by molar-refractivity contribution is 7.99. The Hall–Kier alpha value is -3.18. The molecule has 1 aromatic carbocycles. The summed E-state index contributed by atoms with van der Waals surface area (Å²) in [6.45, 7) is 2.75. The van der Waals surface area contributed by atoms with Crippen molar-refractivity contribution >= 4 is 40.9 Å². The third-order valence-corrected chi connectivity index (χ3v) is 6.28. The average Bonchev–Trinajstić information content (AvgIpc) is 3.32. The van der Waals surface area contributed by atoms with E-state index >= 15 is 0 Å². The zero-order valence-corrected chi connectivity index (χ0v) is 19.5. The molecule has 1 saturated heterocycles. The van der Waals surface area contributed by atoms with Crippen molar-refractivity contribution in [2.75, 3.05) is 30.1 Å². The zero-order valence-electron chi connectivity index (χ0n) is 17.9. The lowest BCUT2D eigenvalue weighted by atomic mass is 10.1. The number of nitrogens with one attached hydrogen (secondary N) is 2. The standard InChI is InChI=1S/C22H23N7O2S2/c32-21(25-13-15-5-6-16-17(11-15)31-14-30-16)28-20-26-18(29-9-2-1-3-10-29)12-19(27-20)33-22-23-7-4-8-24-22/h4-8,11-12H,1-3,9-10,13-14H2,(H2,25,26,27,28,32). The SMILES string of the molecule is S=C(NCc1ccc2c(c1)OCO2)Nc1nc(Sc2ncccn2)cc(N2CCCCC2)n1. The molecule has 9 nitrogen and oxygen atoms in total. The topological polar surface area (TPSA) is 97.3 Å². The van der Waals surface area contributed by atoms with Crippen LogP contribution in [0.5, 0.6) is 11.5 Å². The second-order valence-corrected chi connectivity index (χ2v) is 8.96. The molecule has 3 aromatic rings. The van der Waals surface area contributed by atoms with E-state index in [1.54, 1.807) is 18.5 Å². The van der Waals surface area contributed by atoms with Crippen LogP contribution in [-0.4, -0.2) is 44.9 Å². The molecule has 170 valence electrons. The van der Waals surface area contributed by atoms with Crippen LogP contribution >= 0.6 is 24.0 Å². The van der Waals surface area contributed by atoms with Crippen LogP contribution in [0.2, 0.25) is 0 Å². The summed E-state index contributed by atoms with van der Waals surface area (Å²) in [5.74, 6) is 2.83. The molecule has 33 heavy (non-hydrogen) atoms. The summed E-state index contributed by atoms with van der Waals surface area (Å²) in [6.07, 6.45) is 7.01. The lowest BCUT2D eigenvalue weighted by molar-refractivity contribution is 0.174. The fourth-order valence-electron chi connectivity index (χ4n) is 3.62. The maximum Gasteiger partial charge on any atom is 0.232 e. The lowest BCUT2D eigenvalue weighted by Gasteiger charge is -2.28. The first kappa shape index (κ1) is 21.7. The Morgan fingerprint density at radius 1 is 1.03 bits per heavy atom. The minimum Gasteiger partial charge on any atom is -0.454 e. The van der Waals surface area contributed by atoms with E-state index in [-0.39, 0.29) is 6.79 Å². The van der Waals surface area contributed by atoms with Gasteiger partial charge in [-0.25, -0.2) is 15.0 Å². The van der Waals surface area contributed by atoms with Crippen LogP contribution in [0.1, 0.15) is 24.8 Å². The molecule has 0 aliphatic carbocycles. The van der Waals surface area contributed by atoms with Gasteiger partial charge in [0.05, 0.1) is 0 Å². The van der Waals surface area contributed by atoms with Crippen molar-refractivity contribution in [3.8, 4) is 11.5 Å². The number of benzene rings is 1. The van der Waals surface area contributed by atoms with Gasteiger partial charge in [-0.1, -0.05) is 6.07 Å². The van der Waals surface area contributed by atoms with E-state index in [2.05, 4.69) is 30.5 Å². The van der Waals surface area contributed by atoms with Crippen LogP contribution in [-0.2, 0) is 6.54 Å². The highest BCUT2D eigenvalue weighted by Gasteiger charge is 2.17. The van der Waals surface area contributed by atoms with Gasteiger partial charge in [0.1, 0.15) is 10.8 Å². The third-order valence-electron chi connectivity index (χ3n) is 5.22. The van der Waals surface area contributed by atoms with Crippen LogP contribution in [0.15, 0.2) is 52.9 Å². The van der Waals surface area contributed by atoms with Gasteiger partial charge >= 0.3 is 0 Å². The Morgan fingerprint density at radius 2 is 1.85 bits per heavy atom. The van der Waals surface area contributed by atoms with Crippen LogP contribution in [0.4, 0.5) is 11.8 Å². The summed E-state index contributed by atoms with van der Waals surface area (Å²) in [5.41, 5.74) is 1.03. The highest BCUT2D eigenvalue weighted by atomic mass is 32.2. The normalized spacial score (nSPS) is 14.7. The molecule has 0 saturated carbocycles. The number of piperidine rings is 1. The largest absolute Gasteiger partial charge is 0.454 e. The van der Waals surface area contributed by atoms with Crippen molar-refractivity contribution in [1.29, 1.82) is 0 Å². The van der Waals surface area contributed by atoms with Gasteiger partial charge in [0, 0.05) is 38.1 Å². The zero-order chi connectivity index (χ0) is 22.5. The van der Waals surface area contributed by atoms with Crippen LogP contribution < -0.4 is 25.0 Å². The van der Waals surface area contributed by atoms with Gasteiger partial charge in [0.25, 0.3) is 0 Å². The van der Waals surface area contributed by atoms with E-state index in [0.717, 1.165) is 53.8 Å².